The van der Waals surface area contributed by atoms with E-state index in [0.29, 0.717) is 0 Å². The second-order valence-corrected chi connectivity index (χ2v) is 33.5. The van der Waals surface area contributed by atoms with Crippen molar-refractivity contribution in [1.82, 2.24) is 13.7 Å². The highest BCUT2D eigenvalue weighted by molar-refractivity contribution is 6.63. The van der Waals surface area contributed by atoms with Gasteiger partial charge in [-0.1, -0.05) is 267 Å². The van der Waals surface area contributed by atoms with Crippen LogP contribution >= 0.6 is 0 Å². The normalized spacial score (nSPS) is 16.4. The highest BCUT2D eigenvalue weighted by atomic mass is 16.7. The molecule has 0 saturated carbocycles. The molecule has 0 aliphatic carbocycles. The number of hydrogen-bond donors (Lipinski definition) is 0. The third kappa shape index (κ3) is 13.3. The van der Waals surface area contributed by atoms with Crippen LogP contribution in [0, 0.1) is 0 Å². The van der Waals surface area contributed by atoms with Crippen LogP contribution in [0.5, 0.6) is 0 Å². The molecule has 14 aromatic carbocycles. The maximum Gasteiger partial charge on any atom is 0.494 e. The Bertz CT molecular complexity index is 6200. The SMILES string of the molecule is CC1(C)OB(c2ccc(-n3c4cc(-c5ccccc5-c5ccccc5)ccc4c4ccc(-c5ccccc5-c5ccccc5)cc43)cc2)OC1(C)C.CC1(C)OB(c2cccc(-c3cccc(-n4c5ccccc5c5ccccc54)c3)c2)OC1(C)C.CC1(C)OB(c2cccc(-n3c4ccccc4c4ccccc43)c2)OC1(C)C. The molecule has 3 fully saturated rings. The van der Waals surface area contributed by atoms with E-state index in [1.807, 2.05) is 0 Å². The van der Waals surface area contributed by atoms with Gasteiger partial charge in [-0.05, 0) is 228 Å². The maximum absolute atomic E-state index is 6.42. The van der Waals surface area contributed by atoms with E-state index in [0.717, 1.165) is 55.6 Å². The van der Waals surface area contributed by atoms with Crippen molar-refractivity contribution < 1.29 is 27.9 Å². The van der Waals surface area contributed by atoms with Crippen molar-refractivity contribution in [2.24, 2.45) is 0 Å². The Labute approximate surface area is 669 Å². The molecule has 0 spiro atoms. The van der Waals surface area contributed by atoms with Crippen LogP contribution in [0.3, 0.4) is 0 Å². The predicted octanol–water partition coefficient (Wildman–Crippen LogP) is 23.6. The summed E-state index contributed by atoms with van der Waals surface area (Å²) in [4.78, 5) is 0. The first-order chi connectivity index (χ1) is 55.0. The molecule has 17 aromatic rings. The van der Waals surface area contributed by atoms with Crippen LogP contribution in [-0.4, -0.2) is 68.7 Å². The van der Waals surface area contributed by atoms with Gasteiger partial charge in [0.1, 0.15) is 0 Å². The molecule has 0 unspecified atom stereocenters. The van der Waals surface area contributed by atoms with Gasteiger partial charge in [0.15, 0.2) is 0 Å². The van der Waals surface area contributed by atoms with Crippen molar-refractivity contribution in [2.75, 3.05) is 0 Å². The van der Waals surface area contributed by atoms with E-state index in [1.54, 1.807) is 0 Å². The van der Waals surface area contributed by atoms with E-state index in [9.17, 15) is 0 Å². The minimum atomic E-state index is -0.417. The molecule has 9 nitrogen and oxygen atoms in total. The average molecular weight is 1490 g/mol. The summed E-state index contributed by atoms with van der Waals surface area (Å²) in [7, 11) is -1.15. The van der Waals surface area contributed by atoms with E-state index in [2.05, 4.69) is 437 Å². The standard InChI is InChI=1S/C48H40BNO2.C30H28BNO2.C24H24BNO2/c1-47(2)48(3,4)52-49(51-47)37-25-27-38(28-26-37)50-45-31-35(41-21-13-11-19-39(41)33-15-7-5-8-16-33)23-29-43(45)44-30-24-36(32-46(44)50)42-22-14-12-20-40(42)34-17-9-6-10-18-34;1-29(2)30(3,4)34-31(33-29)23-13-9-11-21(19-23)22-12-10-14-24(20-22)32-27-17-7-5-15-25(27)26-16-6-8-18-28(26)32;1-23(2)24(3,4)28-25(27-23)17-10-9-11-18(16-17)26-21-14-7-5-12-19(21)20-13-6-8-15-22(20)26/h5-32H,1-4H3;5-20H,1-4H3;5-16H,1-4H3. The Kier molecular flexibility index (Phi) is 18.7. The lowest BCUT2D eigenvalue weighted by atomic mass is 9.78. The predicted molar refractivity (Wildman–Crippen MR) is 477 cm³/mol. The molecule has 20 rings (SSSR count). The Morgan fingerprint density at radius 2 is 0.465 bits per heavy atom. The van der Waals surface area contributed by atoms with Gasteiger partial charge in [0.05, 0.1) is 66.7 Å². The lowest BCUT2D eigenvalue weighted by molar-refractivity contribution is 0.00578. The van der Waals surface area contributed by atoms with E-state index in [1.165, 1.54) is 98.9 Å². The summed E-state index contributed by atoms with van der Waals surface area (Å²) in [5.74, 6) is 0. The van der Waals surface area contributed by atoms with Gasteiger partial charge < -0.3 is 41.6 Å². The molecule has 0 atom stereocenters. The Morgan fingerprint density at radius 3 is 0.860 bits per heavy atom. The number of para-hydroxylation sites is 4. The number of nitrogens with zero attached hydrogens (tertiary/aromatic N) is 3. The Balaban J connectivity index is 0.000000126. The van der Waals surface area contributed by atoms with Gasteiger partial charge in [-0.15, -0.1) is 0 Å². The van der Waals surface area contributed by atoms with Crippen molar-refractivity contribution in [1.29, 1.82) is 0 Å². The molecular formula is C102H92B3N3O6. The van der Waals surface area contributed by atoms with Crippen molar-refractivity contribution in [2.45, 2.75) is 117 Å². The fourth-order valence-electron chi connectivity index (χ4n) is 16.5. The summed E-state index contributed by atoms with van der Waals surface area (Å²) in [6.07, 6.45) is 0. The van der Waals surface area contributed by atoms with Crippen LogP contribution < -0.4 is 16.4 Å². The second-order valence-electron chi connectivity index (χ2n) is 33.5. The van der Waals surface area contributed by atoms with Gasteiger partial charge in [-0.3, -0.25) is 0 Å². The number of benzene rings is 14. The average Bonchev–Trinajstić information content (AvgIpc) is 1.58. The maximum atomic E-state index is 6.42. The summed E-state index contributed by atoms with van der Waals surface area (Å²) in [6, 6.07) is 121. The van der Waals surface area contributed by atoms with E-state index in [-0.39, 0.29) is 36.6 Å². The fraction of sp³-hybridized carbons (Fsp3) is 0.176. The quantitative estimate of drug-likeness (QED) is 0.120. The molecule has 12 heteroatoms. The van der Waals surface area contributed by atoms with Gasteiger partial charge in [0.25, 0.3) is 0 Å². The highest BCUT2D eigenvalue weighted by Gasteiger charge is 2.54. The molecule has 0 radical (unpaired) electrons. The summed E-state index contributed by atoms with van der Waals surface area (Å²) in [5.41, 5.74) is 23.3. The molecule has 0 amide bonds. The molecular weight excluding hydrogens is 1400 g/mol. The molecule has 114 heavy (non-hydrogen) atoms. The van der Waals surface area contributed by atoms with E-state index < -0.39 is 18.3 Å². The molecule has 3 saturated heterocycles. The first-order valence-electron chi connectivity index (χ1n) is 39.8. The Hall–Kier alpha value is -11.6. The summed E-state index contributed by atoms with van der Waals surface area (Å²) in [5, 5.41) is 7.50. The minimum absolute atomic E-state index is 0.347. The monoisotopic (exact) mass is 1490 g/mol. The molecule has 6 heterocycles. The molecule has 3 aliphatic rings. The molecule has 3 aliphatic heterocycles. The van der Waals surface area contributed by atoms with Crippen LogP contribution in [0.1, 0.15) is 83.1 Å². The van der Waals surface area contributed by atoms with Crippen LogP contribution in [0.4, 0.5) is 0 Å². The topological polar surface area (TPSA) is 70.2 Å². The van der Waals surface area contributed by atoms with Crippen molar-refractivity contribution in [3.05, 3.63) is 340 Å². The first kappa shape index (κ1) is 73.9. The van der Waals surface area contributed by atoms with Gasteiger partial charge in [0, 0.05) is 49.4 Å². The first-order valence-corrected chi connectivity index (χ1v) is 39.8. The summed E-state index contributed by atoms with van der Waals surface area (Å²) in [6.45, 7) is 25.1. The third-order valence-corrected chi connectivity index (χ3v) is 24.8. The lowest BCUT2D eigenvalue weighted by Gasteiger charge is -2.32. The van der Waals surface area contributed by atoms with Gasteiger partial charge in [-0.2, -0.15) is 0 Å². The van der Waals surface area contributed by atoms with Gasteiger partial charge in [-0.25, -0.2) is 0 Å². The van der Waals surface area contributed by atoms with Crippen LogP contribution in [0.2, 0.25) is 0 Å². The van der Waals surface area contributed by atoms with Crippen molar-refractivity contribution in [3.63, 3.8) is 0 Å². The zero-order valence-electron chi connectivity index (χ0n) is 66.9. The fourth-order valence-corrected chi connectivity index (χ4v) is 16.5. The zero-order valence-corrected chi connectivity index (χ0v) is 66.9. The van der Waals surface area contributed by atoms with Gasteiger partial charge in [0.2, 0.25) is 0 Å². The largest absolute Gasteiger partial charge is 0.494 e. The third-order valence-electron chi connectivity index (χ3n) is 24.8. The molecule has 0 N–H and O–H groups in total. The molecule has 560 valence electrons. The molecule has 0 bridgehead atoms. The van der Waals surface area contributed by atoms with E-state index >= 15 is 0 Å². The molecule has 3 aromatic heterocycles. The number of aromatic nitrogens is 3. The lowest BCUT2D eigenvalue weighted by Crippen LogP contribution is -2.41. The Morgan fingerprint density at radius 1 is 0.184 bits per heavy atom. The highest BCUT2D eigenvalue weighted by Crippen LogP contribution is 2.45. The van der Waals surface area contributed by atoms with Crippen molar-refractivity contribution in [3.8, 4) is 72.7 Å². The van der Waals surface area contributed by atoms with Crippen LogP contribution in [0.15, 0.2) is 340 Å². The number of fused-ring (bicyclic) bond motifs is 9. The van der Waals surface area contributed by atoms with Crippen molar-refractivity contribution >= 4 is 103 Å². The van der Waals surface area contributed by atoms with Crippen LogP contribution in [0.25, 0.3) is 138 Å². The minimum Gasteiger partial charge on any atom is -0.399 e. The zero-order chi connectivity index (χ0) is 78.5. The van der Waals surface area contributed by atoms with Crippen LogP contribution in [-0.2, 0) is 27.9 Å². The smallest absolute Gasteiger partial charge is 0.399 e. The summed E-state index contributed by atoms with van der Waals surface area (Å²) >= 11 is 0. The number of hydrogen-bond acceptors (Lipinski definition) is 6. The van der Waals surface area contributed by atoms with Gasteiger partial charge >= 0.3 is 21.4 Å². The second kappa shape index (κ2) is 28.8. The van der Waals surface area contributed by atoms with E-state index in [4.69, 9.17) is 27.9 Å². The number of rotatable bonds is 11. The summed E-state index contributed by atoms with van der Waals surface area (Å²) < 4.78 is 45.0.